The highest BCUT2D eigenvalue weighted by molar-refractivity contribution is 5.31. The molecule has 0 radical (unpaired) electrons. The van der Waals surface area contributed by atoms with E-state index in [9.17, 15) is 4.39 Å². The van der Waals surface area contributed by atoms with Gasteiger partial charge < -0.3 is 9.47 Å². The Morgan fingerprint density at radius 2 is 2.14 bits per heavy atom. The summed E-state index contributed by atoms with van der Waals surface area (Å²) in [4.78, 5) is 0. The van der Waals surface area contributed by atoms with Crippen LogP contribution in [0.2, 0.25) is 0 Å². The van der Waals surface area contributed by atoms with Crippen molar-refractivity contribution >= 4 is 0 Å². The Hall–Kier alpha value is -1.35. The number of ether oxygens (including phenoxy) is 2. The Labute approximate surface area is 127 Å². The Morgan fingerprint density at radius 1 is 1.29 bits per heavy atom. The van der Waals surface area contributed by atoms with E-state index in [0.29, 0.717) is 24.5 Å². The summed E-state index contributed by atoms with van der Waals surface area (Å²) in [6, 6.07) is 5.04. The molecule has 0 amide bonds. The first-order chi connectivity index (χ1) is 10.2. The summed E-state index contributed by atoms with van der Waals surface area (Å²) in [5.74, 6) is 0.333. The van der Waals surface area contributed by atoms with Crippen LogP contribution in [0.1, 0.15) is 57.6 Å². The van der Waals surface area contributed by atoms with Crippen molar-refractivity contribution in [2.75, 3.05) is 13.2 Å². The molecule has 1 aliphatic heterocycles. The van der Waals surface area contributed by atoms with E-state index >= 15 is 0 Å². The second-order valence-electron chi connectivity index (χ2n) is 5.47. The SMILES string of the molecule is CCCCCC1=CCC(c2ccc(OCC)cc2F)OC1. The van der Waals surface area contributed by atoms with E-state index in [1.54, 1.807) is 6.07 Å². The molecule has 21 heavy (non-hydrogen) atoms. The van der Waals surface area contributed by atoms with Gasteiger partial charge in [-0.25, -0.2) is 4.39 Å². The van der Waals surface area contributed by atoms with Gasteiger partial charge in [-0.05, 0) is 43.9 Å². The number of unbranched alkanes of at least 4 members (excludes halogenated alkanes) is 2. The van der Waals surface area contributed by atoms with Crippen LogP contribution < -0.4 is 4.74 Å². The van der Waals surface area contributed by atoms with Gasteiger partial charge in [-0.3, -0.25) is 0 Å². The molecule has 0 spiro atoms. The standard InChI is InChI=1S/C18H25FO2/c1-3-5-6-7-14-8-11-18(21-13-14)16-10-9-15(20-4-2)12-17(16)19/h8-10,12,18H,3-7,11,13H2,1-2H3. The lowest BCUT2D eigenvalue weighted by Gasteiger charge is -2.24. The van der Waals surface area contributed by atoms with Crippen LogP contribution in [0.4, 0.5) is 4.39 Å². The number of rotatable bonds is 7. The van der Waals surface area contributed by atoms with E-state index in [0.717, 1.165) is 12.8 Å². The summed E-state index contributed by atoms with van der Waals surface area (Å²) in [5.41, 5.74) is 1.98. The fraction of sp³-hybridized carbons (Fsp3) is 0.556. The Morgan fingerprint density at radius 3 is 2.76 bits per heavy atom. The van der Waals surface area contributed by atoms with Crippen molar-refractivity contribution in [1.82, 2.24) is 0 Å². The van der Waals surface area contributed by atoms with Gasteiger partial charge in [0.1, 0.15) is 11.6 Å². The van der Waals surface area contributed by atoms with Gasteiger partial charge in [0.05, 0.1) is 19.3 Å². The molecule has 3 heteroatoms. The van der Waals surface area contributed by atoms with Gasteiger partial charge in [-0.1, -0.05) is 25.8 Å². The third kappa shape index (κ3) is 4.57. The van der Waals surface area contributed by atoms with Gasteiger partial charge in [0.2, 0.25) is 0 Å². The normalized spacial score (nSPS) is 18.4. The average Bonchev–Trinajstić information content (AvgIpc) is 2.49. The van der Waals surface area contributed by atoms with E-state index < -0.39 is 0 Å². The topological polar surface area (TPSA) is 18.5 Å². The molecule has 2 rings (SSSR count). The number of hydrogen-bond acceptors (Lipinski definition) is 2. The van der Waals surface area contributed by atoms with Crippen molar-refractivity contribution in [3.05, 3.63) is 41.2 Å². The summed E-state index contributed by atoms with van der Waals surface area (Å²) in [6.07, 6.45) is 7.62. The summed E-state index contributed by atoms with van der Waals surface area (Å²) in [7, 11) is 0. The molecule has 1 atom stereocenters. The molecule has 0 saturated carbocycles. The highest BCUT2D eigenvalue weighted by Crippen LogP contribution is 2.31. The molecule has 1 unspecified atom stereocenters. The predicted octanol–water partition coefficient (Wildman–Crippen LogP) is 5.19. The summed E-state index contributed by atoms with van der Waals surface area (Å²) in [6.45, 7) is 5.26. The molecule has 0 bridgehead atoms. The quantitative estimate of drug-likeness (QED) is 0.508. The third-order valence-corrected chi connectivity index (χ3v) is 3.82. The second-order valence-corrected chi connectivity index (χ2v) is 5.47. The lowest BCUT2D eigenvalue weighted by Crippen LogP contribution is -2.13. The average molecular weight is 292 g/mol. The molecule has 0 saturated heterocycles. The van der Waals surface area contributed by atoms with E-state index in [4.69, 9.17) is 9.47 Å². The van der Waals surface area contributed by atoms with Crippen molar-refractivity contribution in [2.45, 2.75) is 52.1 Å². The highest BCUT2D eigenvalue weighted by Gasteiger charge is 2.20. The summed E-state index contributed by atoms with van der Waals surface area (Å²) < 4.78 is 25.3. The van der Waals surface area contributed by atoms with Crippen molar-refractivity contribution < 1.29 is 13.9 Å². The van der Waals surface area contributed by atoms with Crippen molar-refractivity contribution in [3.63, 3.8) is 0 Å². The van der Waals surface area contributed by atoms with Gasteiger partial charge in [0, 0.05) is 11.6 Å². The van der Waals surface area contributed by atoms with Crippen LogP contribution in [-0.2, 0) is 4.74 Å². The van der Waals surface area contributed by atoms with E-state index in [1.165, 1.54) is 30.9 Å². The Kier molecular flexibility index (Phi) is 6.24. The molecule has 1 aromatic carbocycles. The molecule has 0 aliphatic carbocycles. The zero-order valence-electron chi connectivity index (χ0n) is 13.0. The fourth-order valence-corrected chi connectivity index (χ4v) is 2.63. The van der Waals surface area contributed by atoms with E-state index in [1.807, 2.05) is 13.0 Å². The van der Waals surface area contributed by atoms with Gasteiger partial charge in [0.15, 0.2) is 0 Å². The van der Waals surface area contributed by atoms with Crippen LogP contribution in [0.15, 0.2) is 29.8 Å². The molecule has 0 fully saturated rings. The largest absolute Gasteiger partial charge is 0.494 e. The summed E-state index contributed by atoms with van der Waals surface area (Å²) in [5, 5.41) is 0. The number of hydrogen-bond donors (Lipinski definition) is 0. The molecular weight excluding hydrogens is 267 g/mol. The van der Waals surface area contributed by atoms with Crippen molar-refractivity contribution in [2.24, 2.45) is 0 Å². The highest BCUT2D eigenvalue weighted by atomic mass is 19.1. The minimum atomic E-state index is -0.242. The molecule has 2 nitrogen and oxygen atoms in total. The first-order valence-electron chi connectivity index (χ1n) is 7.96. The van der Waals surface area contributed by atoms with Gasteiger partial charge >= 0.3 is 0 Å². The minimum absolute atomic E-state index is 0.171. The molecule has 0 aromatic heterocycles. The van der Waals surface area contributed by atoms with Gasteiger partial charge in [0.25, 0.3) is 0 Å². The second kappa shape index (κ2) is 8.18. The molecule has 1 aliphatic rings. The zero-order chi connectivity index (χ0) is 15.1. The van der Waals surface area contributed by atoms with Crippen molar-refractivity contribution in [1.29, 1.82) is 0 Å². The first kappa shape index (κ1) is 16.0. The molecule has 0 N–H and O–H groups in total. The summed E-state index contributed by atoms with van der Waals surface area (Å²) >= 11 is 0. The van der Waals surface area contributed by atoms with Gasteiger partial charge in [-0.15, -0.1) is 0 Å². The van der Waals surface area contributed by atoms with E-state index in [-0.39, 0.29) is 11.9 Å². The fourth-order valence-electron chi connectivity index (χ4n) is 2.63. The van der Waals surface area contributed by atoms with Crippen LogP contribution in [0.3, 0.4) is 0 Å². The maximum Gasteiger partial charge on any atom is 0.132 e. The van der Waals surface area contributed by atoms with Crippen LogP contribution in [0.25, 0.3) is 0 Å². The van der Waals surface area contributed by atoms with Crippen LogP contribution in [-0.4, -0.2) is 13.2 Å². The first-order valence-corrected chi connectivity index (χ1v) is 7.96. The Balaban J connectivity index is 1.95. The Bertz CT molecular complexity index is 482. The third-order valence-electron chi connectivity index (χ3n) is 3.82. The van der Waals surface area contributed by atoms with E-state index in [2.05, 4.69) is 13.0 Å². The maximum absolute atomic E-state index is 14.1. The molecule has 1 heterocycles. The predicted molar refractivity (Wildman–Crippen MR) is 83.1 cm³/mol. The van der Waals surface area contributed by atoms with Crippen LogP contribution in [0, 0.1) is 5.82 Å². The molecular formula is C18H25FO2. The van der Waals surface area contributed by atoms with Gasteiger partial charge in [-0.2, -0.15) is 0 Å². The lowest BCUT2D eigenvalue weighted by atomic mass is 9.99. The monoisotopic (exact) mass is 292 g/mol. The molecule has 1 aromatic rings. The van der Waals surface area contributed by atoms with Crippen LogP contribution >= 0.6 is 0 Å². The lowest BCUT2D eigenvalue weighted by molar-refractivity contribution is 0.0571. The smallest absolute Gasteiger partial charge is 0.132 e. The minimum Gasteiger partial charge on any atom is -0.494 e. The zero-order valence-corrected chi connectivity index (χ0v) is 13.0. The maximum atomic E-state index is 14.1. The number of benzene rings is 1. The van der Waals surface area contributed by atoms with Crippen molar-refractivity contribution in [3.8, 4) is 5.75 Å². The molecule has 116 valence electrons. The van der Waals surface area contributed by atoms with Crippen LogP contribution in [0.5, 0.6) is 5.75 Å². The number of halogens is 1.